The number of carbonyl (C=O) groups is 2. The van der Waals surface area contributed by atoms with E-state index in [2.05, 4.69) is 4.98 Å². The molecule has 0 bridgehead atoms. The van der Waals surface area contributed by atoms with E-state index in [0.717, 1.165) is 0 Å². The van der Waals surface area contributed by atoms with Crippen molar-refractivity contribution in [1.29, 1.82) is 0 Å². The van der Waals surface area contributed by atoms with Crippen LogP contribution in [0.2, 0.25) is 0 Å². The van der Waals surface area contributed by atoms with Crippen molar-refractivity contribution in [2.75, 3.05) is 0 Å². The number of hydrogen-bond donors (Lipinski definition) is 1. The maximum atomic E-state index is 11.0. The fourth-order valence-electron chi connectivity index (χ4n) is 1.07. The molecule has 4 nitrogen and oxygen atoms in total. The fraction of sp³-hybridized carbons (Fsp3) is 0.300. The van der Waals surface area contributed by atoms with E-state index in [9.17, 15) is 9.59 Å². The molecule has 1 rings (SSSR count). The van der Waals surface area contributed by atoms with Crippen LogP contribution in [0.4, 0.5) is 0 Å². The Hall–Kier alpha value is -1.71. The van der Waals surface area contributed by atoms with Crippen molar-refractivity contribution in [2.24, 2.45) is 11.1 Å². The molecule has 0 aliphatic carbocycles. The standard InChI is InChI=1S/C10H12N2O2/c1-10(7-13,9(11)14)6-8-4-2-3-5-12-8/h2-5,7H,6H2,1H3,(H2,11,14). The van der Waals surface area contributed by atoms with Crippen molar-refractivity contribution in [3.8, 4) is 0 Å². The fourth-order valence-corrected chi connectivity index (χ4v) is 1.07. The molecule has 0 aliphatic rings. The normalized spacial score (nSPS) is 14.4. The molecular formula is C10H12N2O2. The molecule has 0 radical (unpaired) electrons. The van der Waals surface area contributed by atoms with Crippen molar-refractivity contribution >= 4 is 12.2 Å². The zero-order valence-electron chi connectivity index (χ0n) is 7.93. The Morgan fingerprint density at radius 2 is 2.36 bits per heavy atom. The maximum absolute atomic E-state index is 11.0. The highest BCUT2D eigenvalue weighted by molar-refractivity contribution is 5.95. The number of aromatic nitrogens is 1. The minimum atomic E-state index is -1.16. The van der Waals surface area contributed by atoms with Gasteiger partial charge in [0, 0.05) is 18.3 Å². The molecule has 1 aromatic heterocycles. The van der Waals surface area contributed by atoms with E-state index in [1.54, 1.807) is 24.4 Å². The topological polar surface area (TPSA) is 73.1 Å². The Balaban J connectivity index is 2.86. The second kappa shape index (κ2) is 4.00. The largest absolute Gasteiger partial charge is 0.369 e. The number of nitrogens with two attached hydrogens (primary N) is 1. The second-order valence-electron chi connectivity index (χ2n) is 3.40. The first-order chi connectivity index (χ1) is 6.58. The number of amides is 1. The Morgan fingerprint density at radius 1 is 1.64 bits per heavy atom. The summed E-state index contributed by atoms with van der Waals surface area (Å²) < 4.78 is 0. The van der Waals surface area contributed by atoms with Crippen LogP contribution in [0.3, 0.4) is 0 Å². The summed E-state index contributed by atoms with van der Waals surface area (Å²) in [6, 6.07) is 5.32. The van der Waals surface area contributed by atoms with E-state index < -0.39 is 11.3 Å². The third kappa shape index (κ3) is 2.16. The Kier molecular flexibility index (Phi) is 2.96. The average molecular weight is 192 g/mol. The molecule has 1 unspecified atom stereocenters. The van der Waals surface area contributed by atoms with Crippen LogP contribution < -0.4 is 5.73 Å². The van der Waals surface area contributed by atoms with Gasteiger partial charge in [-0.1, -0.05) is 6.07 Å². The van der Waals surface area contributed by atoms with Crippen molar-refractivity contribution in [2.45, 2.75) is 13.3 Å². The summed E-state index contributed by atoms with van der Waals surface area (Å²) in [5.41, 5.74) is 4.65. The molecule has 1 atom stereocenters. The van der Waals surface area contributed by atoms with E-state index in [-0.39, 0.29) is 6.42 Å². The van der Waals surface area contributed by atoms with Crippen LogP contribution in [-0.4, -0.2) is 17.2 Å². The molecule has 0 saturated carbocycles. The summed E-state index contributed by atoms with van der Waals surface area (Å²) >= 11 is 0. The Morgan fingerprint density at radius 3 is 2.79 bits per heavy atom. The van der Waals surface area contributed by atoms with Gasteiger partial charge in [0.1, 0.15) is 11.7 Å². The molecule has 1 aromatic rings. The van der Waals surface area contributed by atoms with Crippen LogP contribution >= 0.6 is 0 Å². The van der Waals surface area contributed by atoms with Gasteiger partial charge < -0.3 is 10.5 Å². The van der Waals surface area contributed by atoms with Crippen LogP contribution in [0.25, 0.3) is 0 Å². The Labute approximate surface area is 82.1 Å². The lowest BCUT2D eigenvalue weighted by molar-refractivity contribution is -0.132. The van der Waals surface area contributed by atoms with Gasteiger partial charge in [0.25, 0.3) is 0 Å². The van der Waals surface area contributed by atoms with Gasteiger partial charge in [-0.3, -0.25) is 9.78 Å². The van der Waals surface area contributed by atoms with Gasteiger partial charge in [-0.05, 0) is 19.1 Å². The van der Waals surface area contributed by atoms with E-state index >= 15 is 0 Å². The second-order valence-corrected chi connectivity index (χ2v) is 3.40. The van der Waals surface area contributed by atoms with E-state index in [1.807, 2.05) is 0 Å². The first-order valence-electron chi connectivity index (χ1n) is 4.24. The highest BCUT2D eigenvalue weighted by Crippen LogP contribution is 2.17. The summed E-state index contributed by atoms with van der Waals surface area (Å²) in [6.45, 7) is 1.51. The van der Waals surface area contributed by atoms with E-state index in [1.165, 1.54) is 6.92 Å². The summed E-state index contributed by atoms with van der Waals surface area (Å²) in [6.07, 6.45) is 2.43. The number of aldehydes is 1. The number of pyridine rings is 1. The molecule has 0 aromatic carbocycles. The van der Waals surface area contributed by atoms with Crippen LogP contribution in [0.1, 0.15) is 12.6 Å². The van der Waals surface area contributed by atoms with Crippen LogP contribution in [0, 0.1) is 5.41 Å². The molecular weight excluding hydrogens is 180 g/mol. The molecule has 14 heavy (non-hydrogen) atoms. The quantitative estimate of drug-likeness (QED) is 0.551. The lowest BCUT2D eigenvalue weighted by Gasteiger charge is -2.17. The lowest BCUT2D eigenvalue weighted by atomic mass is 9.86. The number of primary amides is 1. The molecule has 2 N–H and O–H groups in total. The van der Waals surface area contributed by atoms with Crippen molar-refractivity contribution in [3.05, 3.63) is 30.1 Å². The molecule has 4 heteroatoms. The predicted octanol–water partition coefficient (Wildman–Crippen LogP) is 0.315. The first kappa shape index (κ1) is 10.4. The number of nitrogens with zero attached hydrogens (tertiary/aromatic N) is 1. The SMILES string of the molecule is CC(C=O)(Cc1ccccn1)C(N)=O. The van der Waals surface area contributed by atoms with Gasteiger partial charge in [0.05, 0.1) is 0 Å². The smallest absolute Gasteiger partial charge is 0.230 e. The minimum Gasteiger partial charge on any atom is -0.369 e. The molecule has 0 saturated heterocycles. The Bertz CT molecular complexity index is 337. The average Bonchev–Trinajstić information content (AvgIpc) is 2.19. The van der Waals surface area contributed by atoms with Crippen molar-refractivity contribution in [3.63, 3.8) is 0 Å². The zero-order valence-corrected chi connectivity index (χ0v) is 7.93. The molecule has 1 amide bonds. The first-order valence-corrected chi connectivity index (χ1v) is 4.24. The summed E-state index contributed by atoms with van der Waals surface area (Å²) in [5, 5.41) is 0. The van der Waals surface area contributed by atoms with Crippen molar-refractivity contribution < 1.29 is 9.59 Å². The molecule has 0 aliphatic heterocycles. The highest BCUT2D eigenvalue weighted by atomic mass is 16.2. The maximum Gasteiger partial charge on any atom is 0.230 e. The van der Waals surface area contributed by atoms with E-state index in [0.29, 0.717) is 12.0 Å². The monoisotopic (exact) mass is 192 g/mol. The lowest BCUT2D eigenvalue weighted by Crippen LogP contribution is -2.37. The summed E-state index contributed by atoms with van der Waals surface area (Å²) in [7, 11) is 0. The van der Waals surface area contributed by atoms with Crippen LogP contribution in [0.5, 0.6) is 0 Å². The van der Waals surface area contributed by atoms with Gasteiger partial charge in [-0.2, -0.15) is 0 Å². The van der Waals surface area contributed by atoms with Gasteiger partial charge in [0.2, 0.25) is 5.91 Å². The molecule has 74 valence electrons. The van der Waals surface area contributed by atoms with E-state index in [4.69, 9.17) is 5.73 Å². The number of rotatable bonds is 4. The number of hydrogen-bond acceptors (Lipinski definition) is 3. The van der Waals surface area contributed by atoms with Gasteiger partial charge in [-0.25, -0.2) is 0 Å². The molecule has 0 spiro atoms. The van der Waals surface area contributed by atoms with Gasteiger partial charge in [0.15, 0.2) is 0 Å². The van der Waals surface area contributed by atoms with Crippen LogP contribution in [0.15, 0.2) is 24.4 Å². The third-order valence-electron chi connectivity index (χ3n) is 2.10. The molecule has 0 fully saturated rings. The van der Waals surface area contributed by atoms with Crippen LogP contribution in [-0.2, 0) is 16.0 Å². The summed E-state index contributed by atoms with van der Waals surface area (Å²) in [5.74, 6) is -0.627. The van der Waals surface area contributed by atoms with Gasteiger partial charge in [-0.15, -0.1) is 0 Å². The zero-order chi connectivity index (χ0) is 10.6. The molecule has 1 heterocycles. The van der Waals surface area contributed by atoms with Crippen molar-refractivity contribution in [1.82, 2.24) is 4.98 Å². The third-order valence-corrected chi connectivity index (χ3v) is 2.10. The highest BCUT2D eigenvalue weighted by Gasteiger charge is 2.31. The predicted molar refractivity (Wildman–Crippen MR) is 51.3 cm³/mol. The summed E-state index contributed by atoms with van der Waals surface area (Å²) in [4.78, 5) is 25.8. The minimum absolute atomic E-state index is 0.243. The van der Waals surface area contributed by atoms with Gasteiger partial charge >= 0.3 is 0 Å². The number of carbonyl (C=O) groups excluding carboxylic acids is 2.